The van der Waals surface area contributed by atoms with Crippen LogP contribution in [0.2, 0.25) is 0 Å². The van der Waals surface area contributed by atoms with Crippen LogP contribution in [-0.2, 0) is 0 Å². The molecule has 0 radical (unpaired) electrons. The van der Waals surface area contributed by atoms with Crippen LogP contribution in [0, 0.1) is 17.0 Å². The number of nitro groups is 1. The van der Waals surface area contributed by atoms with Crippen molar-refractivity contribution in [2.45, 2.75) is 13.0 Å². The number of piperazine rings is 1. The summed E-state index contributed by atoms with van der Waals surface area (Å²) in [6.45, 7) is 4.43. The number of benzene rings is 1. The topological polar surface area (TPSA) is 97.3 Å². The molecular weight excluding hydrogens is 322 g/mol. The van der Waals surface area contributed by atoms with Crippen LogP contribution in [0.3, 0.4) is 0 Å². The fourth-order valence-electron chi connectivity index (χ4n) is 2.58. The summed E-state index contributed by atoms with van der Waals surface area (Å²) in [5, 5.41) is 18.2. The number of hydrogen-bond acceptors (Lipinski definition) is 7. The first kappa shape index (κ1) is 17.3. The highest BCUT2D eigenvalue weighted by atomic mass is 35.5. The van der Waals surface area contributed by atoms with Gasteiger partial charge in [0, 0.05) is 37.3 Å². The number of rotatable bonds is 3. The van der Waals surface area contributed by atoms with E-state index in [1.54, 1.807) is 13.0 Å². The highest BCUT2D eigenvalue weighted by molar-refractivity contribution is 5.85. The lowest BCUT2D eigenvalue weighted by molar-refractivity contribution is -0.384. The van der Waals surface area contributed by atoms with E-state index in [0.717, 1.165) is 30.8 Å². The summed E-state index contributed by atoms with van der Waals surface area (Å²) >= 11 is 0. The average molecular weight is 340 g/mol. The van der Waals surface area contributed by atoms with Crippen LogP contribution in [0.25, 0.3) is 11.5 Å². The molecule has 8 nitrogen and oxygen atoms in total. The highest BCUT2D eigenvalue weighted by Crippen LogP contribution is 2.27. The molecule has 1 saturated heterocycles. The molecule has 0 bridgehead atoms. The smallest absolute Gasteiger partial charge is 0.269 e. The molecule has 23 heavy (non-hydrogen) atoms. The molecule has 2 aromatic rings. The predicted molar refractivity (Wildman–Crippen MR) is 86.6 cm³/mol. The molecule has 2 heterocycles. The molecule has 1 N–H and O–H groups in total. The second-order valence-corrected chi connectivity index (χ2v) is 5.41. The summed E-state index contributed by atoms with van der Waals surface area (Å²) in [6, 6.07) is 4.67. The number of hydrogen-bond donors (Lipinski definition) is 1. The van der Waals surface area contributed by atoms with Gasteiger partial charge in [-0.15, -0.1) is 12.4 Å². The summed E-state index contributed by atoms with van der Waals surface area (Å²) in [4.78, 5) is 17.0. The van der Waals surface area contributed by atoms with E-state index in [4.69, 9.17) is 4.52 Å². The van der Waals surface area contributed by atoms with Crippen molar-refractivity contribution >= 4 is 18.1 Å². The summed E-state index contributed by atoms with van der Waals surface area (Å²) in [6.07, 6.45) is 0. The van der Waals surface area contributed by atoms with E-state index >= 15 is 0 Å². The van der Waals surface area contributed by atoms with Gasteiger partial charge in [-0.05, 0) is 25.6 Å². The molecule has 0 amide bonds. The van der Waals surface area contributed by atoms with Crippen molar-refractivity contribution in [3.8, 4) is 11.5 Å². The maximum Gasteiger partial charge on any atom is 0.269 e. The summed E-state index contributed by atoms with van der Waals surface area (Å²) in [7, 11) is 2.03. The predicted octanol–water partition coefficient (Wildman–Crippen LogP) is 1.95. The second kappa shape index (κ2) is 7.03. The lowest BCUT2D eigenvalue weighted by Gasteiger charge is -2.30. The standard InChI is InChI=1S/C14H17N5O3.ClH/c1-9-7-10(19(20)21)3-4-11(9)14-16-13(17-22-14)12-8-15-5-6-18(12)2;/h3-4,7,12,15H,5-6,8H2,1-2H3;1H. The van der Waals surface area contributed by atoms with Crippen molar-refractivity contribution in [3.63, 3.8) is 0 Å². The van der Waals surface area contributed by atoms with Crippen molar-refractivity contribution < 1.29 is 9.45 Å². The minimum Gasteiger partial charge on any atom is -0.334 e. The van der Waals surface area contributed by atoms with Crippen LogP contribution in [0.5, 0.6) is 0 Å². The third kappa shape index (κ3) is 3.49. The van der Waals surface area contributed by atoms with Gasteiger partial charge >= 0.3 is 0 Å². The minimum atomic E-state index is -0.418. The zero-order chi connectivity index (χ0) is 15.7. The number of nitrogens with one attached hydrogen (secondary N) is 1. The summed E-state index contributed by atoms with van der Waals surface area (Å²) in [5.74, 6) is 1.02. The Labute approximate surface area is 139 Å². The first-order valence-electron chi connectivity index (χ1n) is 7.06. The number of nitro benzene ring substituents is 1. The third-order valence-corrected chi connectivity index (χ3v) is 3.90. The van der Waals surface area contributed by atoms with Gasteiger partial charge in [0.2, 0.25) is 0 Å². The van der Waals surface area contributed by atoms with Gasteiger partial charge < -0.3 is 9.84 Å². The molecule has 1 atom stereocenters. The quantitative estimate of drug-likeness (QED) is 0.674. The lowest BCUT2D eigenvalue weighted by Crippen LogP contribution is -2.44. The Bertz CT molecular complexity index is 705. The molecule has 1 unspecified atom stereocenters. The SMILES string of the molecule is Cc1cc([N+](=O)[O-])ccc1-c1nc(C2CNCCN2C)no1.Cl. The number of aryl methyl sites for hydroxylation is 1. The normalized spacial score (nSPS) is 18.4. The molecule has 0 aliphatic carbocycles. The van der Waals surface area contributed by atoms with Gasteiger partial charge in [-0.25, -0.2) is 0 Å². The first-order chi connectivity index (χ1) is 10.6. The van der Waals surface area contributed by atoms with Crippen LogP contribution in [-0.4, -0.2) is 46.6 Å². The van der Waals surface area contributed by atoms with Gasteiger partial charge in [0.1, 0.15) is 0 Å². The van der Waals surface area contributed by atoms with Crippen LogP contribution < -0.4 is 5.32 Å². The summed E-state index contributed by atoms with van der Waals surface area (Å²) < 4.78 is 5.35. The zero-order valence-electron chi connectivity index (χ0n) is 12.9. The monoisotopic (exact) mass is 339 g/mol. The van der Waals surface area contributed by atoms with Crippen molar-refractivity contribution in [3.05, 3.63) is 39.7 Å². The molecule has 9 heteroatoms. The Morgan fingerprint density at radius 1 is 1.48 bits per heavy atom. The van der Waals surface area contributed by atoms with Crippen molar-refractivity contribution in [1.82, 2.24) is 20.4 Å². The fraction of sp³-hybridized carbons (Fsp3) is 0.429. The van der Waals surface area contributed by atoms with Gasteiger partial charge in [0.05, 0.1) is 11.0 Å². The molecule has 0 saturated carbocycles. The van der Waals surface area contributed by atoms with Gasteiger partial charge in [-0.3, -0.25) is 15.0 Å². The van der Waals surface area contributed by atoms with Gasteiger partial charge in [0.15, 0.2) is 5.82 Å². The Morgan fingerprint density at radius 2 is 2.26 bits per heavy atom. The number of likely N-dealkylation sites (N-methyl/N-ethyl adjacent to an activating group) is 1. The largest absolute Gasteiger partial charge is 0.334 e. The lowest BCUT2D eigenvalue weighted by atomic mass is 10.1. The summed E-state index contributed by atoms with van der Waals surface area (Å²) in [5.41, 5.74) is 1.51. The minimum absolute atomic E-state index is 0. The van der Waals surface area contributed by atoms with Crippen LogP contribution in [0.1, 0.15) is 17.4 Å². The van der Waals surface area contributed by atoms with Crippen molar-refractivity contribution in [1.29, 1.82) is 0 Å². The van der Waals surface area contributed by atoms with Crippen LogP contribution >= 0.6 is 12.4 Å². The molecule has 0 spiro atoms. The third-order valence-electron chi connectivity index (χ3n) is 3.90. The zero-order valence-corrected chi connectivity index (χ0v) is 13.7. The Morgan fingerprint density at radius 3 is 2.91 bits per heavy atom. The maximum absolute atomic E-state index is 10.8. The molecule has 1 aromatic carbocycles. The molecule has 3 rings (SSSR count). The number of non-ortho nitro benzene ring substituents is 1. The van der Waals surface area contributed by atoms with E-state index in [9.17, 15) is 10.1 Å². The number of halogens is 1. The molecule has 124 valence electrons. The Balaban J connectivity index is 0.00000192. The highest BCUT2D eigenvalue weighted by Gasteiger charge is 2.26. The average Bonchev–Trinajstić information content (AvgIpc) is 2.97. The fourth-order valence-corrected chi connectivity index (χ4v) is 2.58. The van der Waals surface area contributed by atoms with Gasteiger partial charge in [0.25, 0.3) is 11.6 Å². The Hall–Kier alpha value is -2.03. The molecule has 1 aromatic heterocycles. The van der Waals surface area contributed by atoms with E-state index in [2.05, 4.69) is 20.4 Å². The van der Waals surface area contributed by atoms with E-state index in [1.807, 2.05) is 7.05 Å². The second-order valence-electron chi connectivity index (χ2n) is 5.41. The van der Waals surface area contributed by atoms with Gasteiger partial charge in [-0.1, -0.05) is 5.16 Å². The maximum atomic E-state index is 10.8. The number of nitrogens with zero attached hydrogens (tertiary/aromatic N) is 4. The molecule has 1 aliphatic rings. The molecule has 1 aliphatic heterocycles. The first-order valence-corrected chi connectivity index (χ1v) is 7.06. The van der Waals surface area contributed by atoms with Crippen molar-refractivity contribution in [2.24, 2.45) is 0 Å². The Kier molecular flexibility index (Phi) is 5.30. The van der Waals surface area contributed by atoms with E-state index in [-0.39, 0.29) is 24.1 Å². The molecular formula is C14H18ClN5O3. The van der Waals surface area contributed by atoms with Gasteiger partial charge in [-0.2, -0.15) is 4.98 Å². The van der Waals surface area contributed by atoms with E-state index in [1.165, 1.54) is 12.1 Å². The van der Waals surface area contributed by atoms with Crippen LogP contribution in [0.15, 0.2) is 22.7 Å². The van der Waals surface area contributed by atoms with Crippen molar-refractivity contribution in [2.75, 3.05) is 26.7 Å². The molecule has 1 fully saturated rings. The number of aromatic nitrogens is 2. The van der Waals surface area contributed by atoms with Crippen LogP contribution in [0.4, 0.5) is 5.69 Å². The van der Waals surface area contributed by atoms with E-state index in [0.29, 0.717) is 11.7 Å². The van der Waals surface area contributed by atoms with E-state index < -0.39 is 4.92 Å².